The largest absolute Gasteiger partial charge is 0.491 e. The molecule has 0 amide bonds. The number of anilines is 1. The summed E-state index contributed by atoms with van der Waals surface area (Å²) in [5, 5.41) is 7.35. The SMILES string of the molecule is [B]C([B])([B])OCCOc1ccc(N2CCN(CCO)CC2)cc1. The minimum Gasteiger partial charge on any atom is -0.491 e. The number of nitrogens with zero attached hydrogens (tertiary/aromatic N) is 2. The molecule has 5 nitrogen and oxygen atoms in total. The quantitative estimate of drug-likeness (QED) is 0.509. The number of hydrogen-bond acceptors (Lipinski definition) is 5. The van der Waals surface area contributed by atoms with Gasteiger partial charge in [0.15, 0.2) is 0 Å². The van der Waals surface area contributed by atoms with E-state index in [2.05, 4.69) is 9.80 Å². The maximum Gasteiger partial charge on any atom is 0.119 e. The third-order valence-electron chi connectivity index (χ3n) is 3.69. The molecule has 1 N–H and O–H groups in total. The van der Waals surface area contributed by atoms with Crippen molar-refractivity contribution in [3.63, 3.8) is 0 Å². The number of ether oxygens (including phenoxy) is 2. The van der Waals surface area contributed by atoms with Crippen LogP contribution >= 0.6 is 0 Å². The summed E-state index contributed by atoms with van der Waals surface area (Å²) >= 11 is 0. The molecule has 1 aliphatic rings. The Labute approximate surface area is 142 Å². The predicted molar refractivity (Wildman–Crippen MR) is 93.6 cm³/mol. The highest BCUT2D eigenvalue weighted by molar-refractivity contribution is 6.58. The van der Waals surface area contributed by atoms with Crippen molar-refractivity contribution in [1.82, 2.24) is 4.90 Å². The van der Waals surface area contributed by atoms with Gasteiger partial charge in [-0.05, 0) is 29.6 Å². The Hall–Kier alpha value is -1.11. The second kappa shape index (κ2) is 8.66. The lowest BCUT2D eigenvalue weighted by molar-refractivity contribution is 0.0949. The van der Waals surface area contributed by atoms with Gasteiger partial charge in [0.1, 0.15) is 12.4 Å². The van der Waals surface area contributed by atoms with Crippen LogP contribution in [0.15, 0.2) is 24.3 Å². The number of benzene rings is 1. The van der Waals surface area contributed by atoms with E-state index in [1.54, 1.807) is 0 Å². The molecular weight excluding hydrogens is 289 g/mol. The van der Waals surface area contributed by atoms with Gasteiger partial charge in [0.2, 0.25) is 0 Å². The van der Waals surface area contributed by atoms with Gasteiger partial charge in [-0.3, -0.25) is 4.90 Å². The van der Waals surface area contributed by atoms with E-state index in [9.17, 15) is 0 Å². The Kier molecular flexibility index (Phi) is 6.87. The molecule has 1 aromatic rings. The van der Waals surface area contributed by atoms with Crippen molar-refractivity contribution in [2.45, 2.75) is 5.30 Å². The minimum atomic E-state index is -1.62. The molecule has 8 heteroatoms. The molecule has 1 heterocycles. The first-order valence-electron chi connectivity index (χ1n) is 7.79. The van der Waals surface area contributed by atoms with Crippen LogP contribution in [0.3, 0.4) is 0 Å². The highest BCUT2D eigenvalue weighted by atomic mass is 16.5. The highest BCUT2D eigenvalue weighted by Gasteiger charge is 2.16. The van der Waals surface area contributed by atoms with Gasteiger partial charge < -0.3 is 19.5 Å². The molecule has 0 bridgehead atoms. The van der Waals surface area contributed by atoms with Crippen LogP contribution in [0.4, 0.5) is 5.69 Å². The Morgan fingerprint density at radius 2 is 1.65 bits per heavy atom. The number of β-amino-alcohol motifs (C(OH)–C–C–N with tert-alkyl or cyclic N) is 1. The van der Waals surface area contributed by atoms with Gasteiger partial charge in [0.05, 0.1) is 36.8 Å². The van der Waals surface area contributed by atoms with E-state index >= 15 is 0 Å². The first kappa shape index (κ1) is 18.2. The van der Waals surface area contributed by atoms with E-state index in [0.29, 0.717) is 6.61 Å². The third-order valence-corrected chi connectivity index (χ3v) is 3.69. The van der Waals surface area contributed by atoms with Crippen LogP contribution in [0.25, 0.3) is 0 Å². The van der Waals surface area contributed by atoms with Gasteiger partial charge in [-0.1, -0.05) is 0 Å². The monoisotopic (exact) mass is 310 g/mol. The average Bonchev–Trinajstić information content (AvgIpc) is 2.52. The molecule has 118 valence electrons. The molecule has 6 radical (unpaired) electrons. The normalized spacial score (nSPS) is 16.5. The molecule has 1 aliphatic heterocycles. The predicted octanol–water partition coefficient (Wildman–Crippen LogP) is -0.687. The Morgan fingerprint density at radius 1 is 1.00 bits per heavy atom. The topological polar surface area (TPSA) is 45.2 Å². The van der Waals surface area contributed by atoms with Crippen molar-refractivity contribution in [2.24, 2.45) is 0 Å². The lowest BCUT2D eigenvalue weighted by Gasteiger charge is -2.35. The second-order valence-corrected chi connectivity index (χ2v) is 5.60. The van der Waals surface area contributed by atoms with E-state index in [1.807, 2.05) is 24.3 Å². The molecule has 1 saturated heterocycles. The van der Waals surface area contributed by atoms with Crippen LogP contribution in [0.2, 0.25) is 0 Å². The van der Waals surface area contributed by atoms with E-state index in [0.717, 1.165) is 38.5 Å². The van der Waals surface area contributed by atoms with E-state index in [1.165, 1.54) is 5.69 Å². The maximum absolute atomic E-state index is 8.97. The summed E-state index contributed by atoms with van der Waals surface area (Å²) in [5.74, 6) is 0.757. The van der Waals surface area contributed by atoms with Crippen molar-refractivity contribution in [3.05, 3.63) is 24.3 Å². The lowest BCUT2D eigenvalue weighted by Crippen LogP contribution is -2.47. The number of rotatable bonds is 8. The standard InChI is InChI=1S/C15H21B3N2O3/c16-15(17,18)23-12-11-22-14-3-1-13(2-4-14)20-7-5-19(6-8-20)9-10-21/h1-4,21H,5-12H2. The van der Waals surface area contributed by atoms with Crippen molar-refractivity contribution in [1.29, 1.82) is 0 Å². The van der Waals surface area contributed by atoms with Crippen LogP contribution < -0.4 is 9.64 Å². The first-order valence-corrected chi connectivity index (χ1v) is 7.79. The minimum absolute atomic E-state index is 0.218. The van der Waals surface area contributed by atoms with Gasteiger partial charge in [-0.25, -0.2) is 0 Å². The maximum atomic E-state index is 8.97. The molecule has 0 aliphatic carbocycles. The van der Waals surface area contributed by atoms with Crippen LogP contribution in [0.1, 0.15) is 0 Å². The first-order chi connectivity index (χ1) is 11.0. The molecule has 2 rings (SSSR count). The highest BCUT2D eigenvalue weighted by Crippen LogP contribution is 2.20. The fourth-order valence-corrected chi connectivity index (χ4v) is 2.50. The zero-order chi connectivity index (χ0) is 16.7. The van der Waals surface area contributed by atoms with Crippen LogP contribution in [0, 0.1) is 0 Å². The molecule has 23 heavy (non-hydrogen) atoms. The Balaban J connectivity index is 1.74. The summed E-state index contributed by atoms with van der Waals surface area (Å²) in [5.41, 5.74) is 1.17. The second-order valence-electron chi connectivity index (χ2n) is 5.60. The molecule has 1 fully saturated rings. The summed E-state index contributed by atoms with van der Waals surface area (Å²) < 4.78 is 10.5. The van der Waals surface area contributed by atoms with E-state index in [-0.39, 0.29) is 13.2 Å². The fourth-order valence-electron chi connectivity index (χ4n) is 2.50. The van der Waals surface area contributed by atoms with Crippen molar-refractivity contribution in [2.75, 3.05) is 57.4 Å². The van der Waals surface area contributed by atoms with Crippen LogP contribution in [-0.2, 0) is 4.74 Å². The Morgan fingerprint density at radius 3 is 2.22 bits per heavy atom. The van der Waals surface area contributed by atoms with Gasteiger partial charge >= 0.3 is 0 Å². The summed E-state index contributed by atoms with van der Waals surface area (Å²) in [6.45, 7) is 5.36. The number of aliphatic hydroxyl groups is 1. The Bertz CT molecular complexity index is 460. The molecular formula is C15H21B3N2O3. The molecule has 0 atom stereocenters. The number of piperazine rings is 1. The van der Waals surface area contributed by atoms with Crippen molar-refractivity contribution in [3.8, 4) is 5.75 Å². The molecule has 0 unspecified atom stereocenters. The van der Waals surface area contributed by atoms with Crippen molar-refractivity contribution >= 4 is 29.2 Å². The third kappa shape index (κ3) is 6.49. The van der Waals surface area contributed by atoms with E-state index in [4.69, 9.17) is 38.1 Å². The molecule has 0 saturated carbocycles. The van der Waals surface area contributed by atoms with Gasteiger partial charge in [0.25, 0.3) is 0 Å². The molecule has 0 aromatic heterocycles. The summed E-state index contributed by atoms with van der Waals surface area (Å²) in [6.07, 6.45) is 0. The van der Waals surface area contributed by atoms with Crippen LogP contribution in [0.5, 0.6) is 5.75 Å². The number of hydrogen-bond donors (Lipinski definition) is 1. The van der Waals surface area contributed by atoms with Gasteiger partial charge in [-0.2, -0.15) is 0 Å². The summed E-state index contributed by atoms with van der Waals surface area (Å²) in [7, 11) is 15.9. The molecule has 0 spiro atoms. The number of aliphatic hydroxyl groups excluding tert-OH is 1. The summed E-state index contributed by atoms with van der Waals surface area (Å²) in [4.78, 5) is 4.59. The molecule has 1 aromatic carbocycles. The summed E-state index contributed by atoms with van der Waals surface area (Å²) in [6, 6.07) is 7.93. The zero-order valence-corrected chi connectivity index (χ0v) is 13.4. The zero-order valence-electron chi connectivity index (χ0n) is 13.4. The van der Waals surface area contributed by atoms with E-state index < -0.39 is 5.30 Å². The van der Waals surface area contributed by atoms with Crippen LogP contribution in [-0.4, -0.2) is 91.4 Å². The van der Waals surface area contributed by atoms with Gasteiger partial charge in [0, 0.05) is 38.4 Å². The smallest absolute Gasteiger partial charge is 0.119 e. The lowest BCUT2D eigenvalue weighted by atomic mass is 9.52. The van der Waals surface area contributed by atoms with Crippen molar-refractivity contribution < 1.29 is 14.6 Å². The average molecular weight is 310 g/mol. The van der Waals surface area contributed by atoms with Gasteiger partial charge in [-0.15, -0.1) is 0 Å². The fraction of sp³-hybridized carbons (Fsp3) is 0.600.